The number of hydrogen-bond donors (Lipinski definition) is 1. The number of nitrogens with one attached hydrogen (secondary N) is 1. The van der Waals surface area contributed by atoms with Crippen molar-refractivity contribution >= 4 is 21.8 Å². The molecule has 2 unspecified atom stereocenters. The fraction of sp³-hybridized carbons (Fsp3) is 0.588. The van der Waals surface area contributed by atoms with Crippen molar-refractivity contribution in [2.24, 2.45) is 0 Å². The Morgan fingerprint density at radius 1 is 1.14 bits per heavy atom. The minimum absolute atomic E-state index is 0.218. The number of likely N-dealkylation sites (tertiary alicyclic amines) is 1. The molecule has 4 heteroatoms. The summed E-state index contributed by atoms with van der Waals surface area (Å²) in [5, 5.41) is 3.66. The van der Waals surface area contributed by atoms with Gasteiger partial charge in [-0.2, -0.15) is 0 Å². The first-order chi connectivity index (χ1) is 10.2. The fourth-order valence-corrected chi connectivity index (χ4v) is 4.21. The molecule has 4 rings (SSSR count). The minimum atomic E-state index is -0.218. The highest BCUT2D eigenvalue weighted by Crippen LogP contribution is 2.50. The van der Waals surface area contributed by atoms with E-state index in [0.29, 0.717) is 18.0 Å². The molecule has 112 valence electrons. The van der Waals surface area contributed by atoms with Crippen molar-refractivity contribution in [1.29, 1.82) is 0 Å². The maximum Gasteiger partial charge on any atom is 0.233 e. The molecule has 1 saturated carbocycles. The van der Waals surface area contributed by atoms with Crippen molar-refractivity contribution in [1.82, 2.24) is 10.2 Å². The molecule has 1 aromatic carbocycles. The van der Waals surface area contributed by atoms with Gasteiger partial charge in [-0.05, 0) is 49.8 Å². The first kappa shape index (κ1) is 13.8. The Balaban J connectivity index is 1.55. The number of carbonyl (C=O) groups excluding carboxylic acids is 1. The molecule has 1 amide bonds. The van der Waals surface area contributed by atoms with Crippen LogP contribution in [0.3, 0.4) is 0 Å². The zero-order chi connectivity index (χ0) is 14.4. The maximum absolute atomic E-state index is 13.1. The van der Waals surface area contributed by atoms with E-state index in [1.54, 1.807) is 0 Å². The highest BCUT2D eigenvalue weighted by Gasteiger charge is 2.53. The summed E-state index contributed by atoms with van der Waals surface area (Å²) in [5.74, 6) is 0.360. The third-order valence-corrected chi connectivity index (χ3v) is 5.90. The molecule has 0 spiro atoms. The lowest BCUT2D eigenvalue weighted by molar-refractivity contribution is -0.134. The predicted molar refractivity (Wildman–Crippen MR) is 86.2 cm³/mol. The number of fused-ring (bicyclic) bond motifs is 2. The average Bonchev–Trinajstić information content (AvgIpc) is 3.20. The molecule has 3 aliphatic rings. The molecule has 3 fully saturated rings. The molecular formula is C17H21BrN2O. The number of benzene rings is 1. The van der Waals surface area contributed by atoms with E-state index in [4.69, 9.17) is 0 Å². The van der Waals surface area contributed by atoms with Gasteiger partial charge in [-0.3, -0.25) is 4.79 Å². The van der Waals surface area contributed by atoms with Crippen molar-refractivity contribution in [3.63, 3.8) is 0 Å². The van der Waals surface area contributed by atoms with Crippen LogP contribution in [0.15, 0.2) is 28.7 Å². The molecule has 21 heavy (non-hydrogen) atoms. The Labute approximate surface area is 134 Å². The Hall–Kier alpha value is -0.870. The smallest absolute Gasteiger partial charge is 0.233 e. The summed E-state index contributed by atoms with van der Waals surface area (Å²) in [6.07, 6.45) is 5.62. The predicted octanol–water partition coefficient (Wildman–Crippen LogP) is 2.83. The molecule has 2 bridgehead atoms. The van der Waals surface area contributed by atoms with Gasteiger partial charge in [0, 0.05) is 29.6 Å². The number of nitrogens with zero attached hydrogens (tertiary/aromatic N) is 1. The largest absolute Gasteiger partial charge is 0.340 e. The van der Waals surface area contributed by atoms with Crippen LogP contribution >= 0.6 is 15.9 Å². The van der Waals surface area contributed by atoms with E-state index in [-0.39, 0.29) is 5.41 Å². The van der Waals surface area contributed by atoms with E-state index in [9.17, 15) is 4.79 Å². The van der Waals surface area contributed by atoms with Crippen molar-refractivity contribution in [3.05, 3.63) is 34.3 Å². The topological polar surface area (TPSA) is 32.3 Å². The normalized spacial score (nSPS) is 30.0. The molecular weight excluding hydrogens is 328 g/mol. The van der Waals surface area contributed by atoms with E-state index >= 15 is 0 Å². The summed E-state index contributed by atoms with van der Waals surface area (Å²) in [4.78, 5) is 15.2. The van der Waals surface area contributed by atoms with Gasteiger partial charge in [-0.25, -0.2) is 0 Å². The molecule has 0 radical (unpaired) electrons. The lowest BCUT2D eigenvalue weighted by atomic mass is 9.93. The van der Waals surface area contributed by atoms with Gasteiger partial charge < -0.3 is 10.2 Å². The summed E-state index contributed by atoms with van der Waals surface area (Å²) >= 11 is 3.48. The Kier molecular flexibility index (Phi) is 3.34. The van der Waals surface area contributed by atoms with Crippen LogP contribution in [0.5, 0.6) is 0 Å². The quantitative estimate of drug-likeness (QED) is 0.891. The van der Waals surface area contributed by atoms with E-state index in [1.165, 1.54) is 18.4 Å². The third kappa shape index (κ3) is 2.42. The molecule has 3 nitrogen and oxygen atoms in total. The van der Waals surface area contributed by atoms with E-state index < -0.39 is 0 Å². The number of hydrogen-bond acceptors (Lipinski definition) is 2. The van der Waals surface area contributed by atoms with Gasteiger partial charge in [0.05, 0.1) is 5.41 Å². The van der Waals surface area contributed by atoms with Gasteiger partial charge in [0.1, 0.15) is 0 Å². The number of rotatable bonds is 2. The van der Waals surface area contributed by atoms with Crippen LogP contribution in [-0.4, -0.2) is 36.0 Å². The molecule has 2 atom stereocenters. The van der Waals surface area contributed by atoms with Crippen LogP contribution in [0.2, 0.25) is 0 Å². The van der Waals surface area contributed by atoms with Crippen LogP contribution in [0.1, 0.15) is 37.7 Å². The van der Waals surface area contributed by atoms with Crippen molar-refractivity contribution in [2.45, 2.75) is 49.6 Å². The van der Waals surface area contributed by atoms with Gasteiger partial charge in [0.2, 0.25) is 5.91 Å². The lowest BCUT2D eigenvalue weighted by Crippen LogP contribution is -2.44. The first-order valence-corrected chi connectivity index (χ1v) is 8.78. The molecule has 2 saturated heterocycles. The molecule has 1 aromatic rings. The van der Waals surface area contributed by atoms with Crippen LogP contribution in [0.25, 0.3) is 0 Å². The van der Waals surface area contributed by atoms with E-state index in [1.807, 2.05) is 0 Å². The monoisotopic (exact) mass is 348 g/mol. The van der Waals surface area contributed by atoms with Crippen LogP contribution in [-0.2, 0) is 10.2 Å². The van der Waals surface area contributed by atoms with Crippen LogP contribution in [0, 0.1) is 0 Å². The number of halogens is 1. The van der Waals surface area contributed by atoms with Gasteiger partial charge in [-0.15, -0.1) is 0 Å². The molecule has 1 N–H and O–H groups in total. The van der Waals surface area contributed by atoms with E-state index in [0.717, 1.165) is 36.8 Å². The van der Waals surface area contributed by atoms with Crippen LogP contribution < -0.4 is 5.32 Å². The summed E-state index contributed by atoms with van der Waals surface area (Å²) in [7, 11) is 0. The number of carbonyl (C=O) groups is 1. The molecule has 2 aliphatic heterocycles. The molecule has 2 heterocycles. The highest BCUT2D eigenvalue weighted by atomic mass is 79.9. The van der Waals surface area contributed by atoms with Gasteiger partial charge in [0.15, 0.2) is 0 Å². The second-order valence-corrected chi connectivity index (χ2v) is 7.68. The van der Waals surface area contributed by atoms with Crippen molar-refractivity contribution in [2.75, 3.05) is 13.1 Å². The fourth-order valence-electron chi connectivity index (χ4n) is 3.95. The summed E-state index contributed by atoms with van der Waals surface area (Å²) in [6, 6.07) is 9.47. The zero-order valence-corrected chi connectivity index (χ0v) is 13.7. The first-order valence-electron chi connectivity index (χ1n) is 7.99. The SMILES string of the molecule is O=C(N1CCC2CCC(C1)N2)C1(c2ccc(Br)cc2)CC1. The minimum Gasteiger partial charge on any atom is -0.340 e. The Morgan fingerprint density at radius 3 is 2.57 bits per heavy atom. The second-order valence-electron chi connectivity index (χ2n) is 6.77. The average molecular weight is 349 g/mol. The number of amides is 1. The van der Waals surface area contributed by atoms with Gasteiger partial charge in [-0.1, -0.05) is 28.1 Å². The highest BCUT2D eigenvalue weighted by molar-refractivity contribution is 9.10. The van der Waals surface area contributed by atoms with E-state index in [2.05, 4.69) is 50.4 Å². The maximum atomic E-state index is 13.1. The van der Waals surface area contributed by atoms with Gasteiger partial charge in [0.25, 0.3) is 0 Å². The van der Waals surface area contributed by atoms with Crippen molar-refractivity contribution in [3.8, 4) is 0 Å². The molecule has 1 aliphatic carbocycles. The standard InChI is InChI=1S/C17H21BrN2O/c18-13-3-1-12(2-4-13)17(8-9-17)16(21)20-10-7-14-5-6-15(11-20)19-14/h1-4,14-15,19H,5-11H2. The lowest BCUT2D eigenvalue weighted by Gasteiger charge is -2.29. The Morgan fingerprint density at radius 2 is 1.86 bits per heavy atom. The summed E-state index contributed by atoms with van der Waals surface area (Å²) in [5.41, 5.74) is 0.975. The van der Waals surface area contributed by atoms with Gasteiger partial charge >= 0.3 is 0 Å². The molecule has 0 aromatic heterocycles. The third-order valence-electron chi connectivity index (χ3n) is 5.37. The second kappa shape index (κ2) is 5.10. The summed E-state index contributed by atoms with van der Waals surface area (Å²) < 4.78 is 1.07. The van der Waals surface area contributed by atoms with Crippen molar-refractivity contribution < 1.29 is 4.79 Å². The van der Waals surface area contributed by atoms with Crippen LogP contribution in [0.4, 0.5) is 0 Å². The zero-order valence-electron chi connectivity index (χ0n) is 12.1. The Bertz CT molecular complexity index is 552. The summed E-state index contributed by atoms with van der Waals surface area (Å²) in [6.45, 7) is 1.82.